The lowest BCUT2D eigenvalue weighted by atomic mass is 10.0. The van der Waals surface area contributed by atoms with Gasteiger partial charge in [0.25, 0.3) is 5.91 Å². The van der Waals surface area contributed by atoms with Crippen molar-refractivity contribution in [1.82, 2.24) is 10.1 Å². The van der Waals surface area contributed by atoms with E-state index in [4.69, 9.17) is 29.9 Å². The fourth-order valence-corrected chi connectivity index (χ4v) is 3.69. The van der Waals surface area contributed by atoms with Crippen LogP contribution in [0.1, 0.15) is 20.7 Å². The van der Waals surface area contributed by atoms with Gasteiger partial charge in [0.1, 0.15) is 16.9 Å². The number of esters is 1. The maximum Gasteiger partial charge on any atom is 0.351 e. The Morgan fingerprint density at radius 2 is 1.82 bits per heavy atom. The highest BCUT2D eigenvalue weighted by Crippen LogP contribution is 2.42. The monoisotopic (exact) mass is 444 g/mol. The predicted octanol–water partition coefficient (Wildman–Crippen LogP) is 3.54. The summed E-state index contributed by atoms with van der Waals surface area (Å²) in [5.74, 6) is -2.03. The topological polar surface area (TPSA) is 157 Å². The summed E-state index contributed by atoms with van der Waals surface area (Å²) in [4.78, 5) is 29.7. The lowest BCUT2D eigenvalue weighted by Crippen LogP contribution is -2.16. The van der Waals surface area contributed by atoms with E-state index in [0.29, 0.717) is 22.0 Å². The minimum absolute atomic E-state index is 0.0194. The van der Waals surface area contributed by atoms with Crippen molar-refractivity contribution in [2.24, 2.45) is 5.73 Å². The molecular weight excluding hydrogens is 428 g/mol. The molecule has 5 aromatic rings. The summed E-state index contributed by atoms with van der Waals surface area (Å²) in [6, 6.07) is 13.6. The number of aromatic nitrogens is 2. The first-order valence-electron chi connectivity index (χ1n) is 9.70. The van der Waals surface area contributed by atoms with Crippen molar-refractivity contribution in [3.63, 3.8) is 0 Å². The third-order valence-electron chi connectivity index (χ3n) is 5.07. The van der Waals surface area contributed by atoms with Gasteiger partial charge in [-0.2, -0.15) is 0 Å². The number of amides is 1. The summed E-state index contributed by atoms with van der Waals surface area (Å²) in [6.07, 6.45) is 1.53. The Bertz CT molecular complexity index is 1540. The molecule has 3 aromatic heterocycles. The summed E-state index contributed by atoms with van der Waals surface area (Å²) < 4.78 is 21.9. The smallest absolute Gasteiger partial charge is 0.351 e. The van der Waals surface area contributed by atoms with Crippen LogP contribution in [0, 0.1) is 0 Å². The fourth-order valence-electron chi connectivity index (χ4n) is 3.69. The van der Waals surface area contributed by atoms with Gasteiger partial charge in [-0.25, -0.2) is 4.79 Å². The number of nitrogen functional groups attached to an aromatic ring is 1. The van der Waals surface area contributed by atoms with Crippen LogP contribution in [0.15, 0.2) is 63.7 Å². The van der Waals surface area contributed by atoms with Crippen LogP contribution < -0.4 is 20.9 Å². The number of rotatable bonds is 5. The summed E-state index contributed by atoms with van der Waals surface area (Å²) >= 11 is 0. The molecule has 1 amide bonds. The normalized spacial score (nSPS) is 11.1. The van der Waals surface area contributed by atoms with E-state index >= 15 is 0 Å². The number of methoxy groups -OCH3 is 1. The zero-order valence-corrected chi connectivity index (χ0v) is 17.2. The molecule has 0 aliphatic rings. The number of hydrogen-bond donors (Lipinski definition) is 2. The second-order valence-electron chi connectivity index (χ2n) is 6.99. The van der Waals surface area contributed by atoms with Gasteiger partial charge in [-0.05, 0) is 18.2 Å². The molecule has 10 heteroatoms. The maximum atomic E-state index is 13.1. The number of nitrogens with zero attached hydrogens (tertiary/aromatic N) is 2. The summed E-state index contributed by atoms with van der Waals surface area (Å²) in [5.41, 5.74) is 12.7. The van der Waals surface area contributed by atoms with Crippen molar-refractivity contribution < 1.29 is 28.0 Å². The van der Waals surface area contributed by atoms with E-state index in [1.807, 2.05) is 0 Å². The van der Waals surface area contributed by atoms with Crippen LogP contribution in [0.3, 0.4) is 0 Å². The van der Waals surface area contributed by atoms with Crippen LogP contribution in [-0.4, -0.2) is 29.1 Å². The molecule has 0 radical (unpaired) electrons. The van der Waals surface area contributed by atoms with E-state index in [1.165, 1.54) is 19.4 Å². The Morgan fingerprint density at radius 1 is 1.03 bits per heavy atom. The van der Waals surface area contributed by atoms with Crippen molar-refractivity contribution in [3.05, 3.63) is 65.9 Å². The number of furan rings is 1. The first-order valence-corrected chi connectivity index (χ1v) is 9.70. The van der Waals surface area contributed by atoms with Crippen LogP contribution in [0.2, 0.25) is 0 Å². The summed E-state index contributed by atoms with van der Waals surface area (Å²) in [5, 5.41) is 4.95. The molecule has 5 rings (SSSR count). The van der Waals surface area contributed by atoms with Gasteiger partial charge < -0.3 is 29.9 Å². The molecule has 164 valence electrons. The molecule has 0 aliphatic carbocycles. The molecule has 0 unspecified atom stereocenters. The van der Waals surface area contributed by atoms with Crippen molar-refractivity contribution in [2.45, 2.75) is 0 Å². The summed E-state index contributed by atoms with van der Waals surface area (Å²) in [6.45, 7) is 0. The van der Waals surface area contributed by atoms with Crippen molar-refractivity contribution in [2.75, 3.05) is 12.8 Å². The second kappa shape index (κ2) is 7.68. The Kier molecular flexibility index (Phi) is 4.67. The Hall–Kier alpha value is -4.86. The van der Waals surface area contributed by atoms with Gasteiger partial charge in [0, 0.05) is 23.0 Å². The Balaban J connectivity index is 1.66. The molecule has 0 bridgehead atoms. The van der Waals surface area contributed by atoms with E-state index in [-0.39, 0.29) is 39.8 Å². The first kappa shape index (κ1) is 20.1. The SMILES string of the molecule is COc1c(OC(=O)c2c(-c3ccccn3)noc2N)cc2oc3ccccc3c2c1C(N)=O. The molecule has 2 aromatic carbocycles. The van der Waals surface area contributed by atoms with Crippen molar-refractivity contribution >= 4 is 39.7 Å². The van der Waals surface area contributed by atoms with E-state index < -0.39 is 11.9 Å². The average molecular weight is 444 g/mol. The largest absolute Gasteiger partial charge is 0.492 e. The van der Waals surface area contributed by atoms with Crippen LogP contribution in [0.4, 0.5) is 5.88 Å². The van der Waals surface area contributed by atoms with Gasteiger partial charge in [-0.3, -0.25) is 9.78 Å². The number of primary amides is 1. The molecule has 0 spiro atoms. The van der Waals surface area contributed by atoms with E-state index in [0.717, 1.165) is 0 Å². The third-order valence-corrected chi connectivity index (χ3v) is 5.07. The predicted molar refractivity (Wildman–Crippen MR) is 118 cm³/mol. The number of ether oxygens (including phenoxy) is 2. The van der Waals surface area contributed by atoms with Crippen molar-refractivity contribution in [1.29, 1.82) is 0 Å². The highest BCUT2D eigenvalue weighted by molar-refractivity contribution is 6.18. The lowest BCUT2D eigenvalue weighted by molar-refractivity contribution is 0.0729. The molecule has 10 nitrogen and oxygen atoms in total. The number of carbonyl (C=O) groups excluding carboxylic acids is 2. The van der Waals surface area contributed by atoms with E-state index in [9.17, 15) is 9.59 Å². The third kappa shape index (κ3) is 3.21. The molecule has 0 aliphatic heterocycles. The number of para-hydroxylation sites is 1. The average Bonchev–Trinajstić information content (AvgIpc) is 3.38. The van der Waals surface area contributed by atoms with Gasteiger partial charge >= 0.3 is 5.97 Å². The summed E-state index contributed by atoms with van der Waals surface area (Å²) in [7, 11) is 1.33. The minimum Gasteiger partial charge on any atom is -0.492 e. The van der Waals surface area contributed by atoms with Crippen molar-refractivity contribution in [3.8, 4) is 22.9 Å². The van der Waals surface area contributed by atoms with Crippen LogP contribution in [0.25, 0.3) is 33.3 Å². The zero-order valence-electron chi connectivity index (χ0n) is 17.2. The number of anilines is 1. The molecule has 0 saturated carbocycles. The molecule has 33 heavy (non-hydrogen) atoms. The van der Waals surface area contributed by atoms with E-state index in [1.54, 1.807) is 42.5 Å². The number of pyridine rings is 1. The van der Waals surface area contributed by atoms with E-state index in [2.05, 4.69) is 10.1 Å². The second-order valence-corrected chi connectivity index (χ2v) is 6.99. The van der Waals surface area contributed by atoms with Gasteiger partial charge in [0.05, 0.1) is 18.4 Å². The lowest BCUT2D eigenvalue weighted by Gasteiger charge is -2.13. The standard InChI is InChI=1S/C23H16N4O6/c1-30-20-15(10-14-16(17(20)21(24)28)11-6-2-3-8-13(11)31-14)32-23(29)18-19(27-33-22(18)25)12-7-4-5-9-26-12/h2-10H,25H2,1H3,(H2,24,28). The Morgan fingerprint density at radius 3 is 2.55 bits per heavy atom. The highest BCUT2D eigenvalue weighted by atomic mass is 16.6. The Labute approximate surface area is 185 Å². The zero-order chi connectivity index (χ0) is 23.1. The number of carbonyl (C=O) groups is 2. The maximum absolute atomic E-state index is 13.1. The first-order chi connectivity index (χ1) is 16.0. The molecule has 4 N–H and O–H groups in total. The van der Waals surface area contributed by atoms with Gasteiger partial charge in [-0.15, -0.1) is 0 Å². The van der Waals surface area contributed by atoms with Crippen LogP contribution >= 0.6 is 0 Å². The molecule has 3 heterocycles. The number of benzene rings is 2. The van der Waals surface area contributed by atoms with Crippen LogP contribution in [-0.2, 0) is 0 Å². The van der Waals surface area contributed by atoms with Crippen LogP contribution in [0.5, 0.6) is 11.5 Å². The fraction of sp³-hybridized carbons (Fsp3) is 0.0435. The van der Waals surface area contributed by atoms with Gasteiger partial charge in [0.2, 0.25) is 5.88 Å². The quantitative estimate of drug-likeness (QED) is 0.305. The highest BCUT2D eigenvalue weighted by Gasteiger charge is 2.29. The molecule has 0 fully saturated rings. The number of hydrogen-bond acceptors (Lipinski definition) is 9. The van der Waals surface area contributed by atoms with Gasteiger partial charge in [0.15, 0.2) is 17.1 Å². The van der Waals surface area contributed by atoms with Gasteiger partial charge in [-0.1, -0.05) is 29.4 Å². The molecular formula is C23H16N4O6. The number of fused-ring (bicyclic) bond motifs is 3. The minimum atomic E-state index is -0.890. The molecule has 0 atom stereocenters. The molecule has 0 saturated heterocycles. The number of nitrogens with two attached hydrogens (primary N) is 2.